The number of nitrogens with one attached hydrogen (secondary N) is 2. The van der Waals surface area contributed by atoms with Crippen molar-refractivity contribution in [3.05, 3.63) is 12.3 Å². The monoisotopic (exact) mass is 289 g/mol. The zero-order valence-corrected chi connectivity index (χ0v) is 12.5. The standard InChI is InChI=1S/C15H23N5O/c1-10(11-2-3-11)20-14(6-7-17-20)18-15(21)19-9-12-4-5-13(19)8-16-12/h6-7,10-13,16H,2-5,8-9H2,1H3,(H,18,21). The van der Waals surface area contributed by atoms with Gasteiger partial charge in [0, 0.05) is 31.2 Å². The number of fused-ring (bicyclic) bond motifs is 3. The van der Waals surface area contributed by atoms with Crippen molar-refractivity contribution < 1.29 is 4.79 Å². The SMILES string of the molecule is CC(C1CC1)n1nccc1NC(=O)N1CC2CCC1CN2. The predicted octanol–water partition coefficient (Wildman–Crippen LogP) is 1.82. The van der Waals surface area contributed by atoms with Gasteiger partial charge in [-0.25, -0.2) is 9.48 Å². The average Bonchev–Trinajstić information content (AvgIpc) is 3.28. The number of nitrogens with zero attached hydrogens (tertiary/aromatic N) is 3. The van der Waals surface area contributed by atoms with Gasteiger partial charge in [0.25, 0.3) is 0 Å². The van der Waals surface area contributed by atoms with Crippen molar-refractivity contribution in [3.63, 3.8) is 0 Å². The maximum absolute atomic E-state index is 12.6. The molecule has 0 radical (unpaired) electrons. The molecule has 1 aromatic heterocycles. The molecule has 4 heterocycles. The fourth-order valence-corrected chi connectivity index (χ4v) is 3.65. The van der Waals surface area contributed by atoms with E-state index in [4.69, 9.17) is 0 Å². The maximum Gasteiger partial charge on any atom is 0.323 e. The van der Waals surface area contributed by atoms with Crippen LogP contribution in [0.4, 0.5) is 10.6 Å². The molecule has 6 nitrogen and oxygen atoms in total. The lowest BCUT2D eigenvalue weighted by atomic mass is 9.93. The largest absolute Gasteiger partial charge is 0.323 e. The van der Waals surface area contributed by atoms with Crippen LogP contribution in [0, 0.1) is 5.92 Å². The van der Waals surface area contributed by atoms with Gasteiger partial charge in [-0.1, -0.05) is 0 Å². The lowest BCUT2D eigenvalue weighted by Crippen LogP contribution is -2.63. The van der Waals surface area contributed by atoms with Crippen molar-refractivity contribution in [2.75, 3.05) is 18.4 Å². The van der Waals surface area contributed by atoms with E-state index in [1.165, 1.54) is 19.3 Å². The summed E-state index contributed by atoms with van der Waals surface area (Å²) in [5.74, 6) is 1.55. The van der Waals surface area contributed by atoms with Gasteiger partial charge in [0.05, 0.1) is 12.2 Å². The third-order valence-electron chi connectivity index (χ3n) is 5.20. The van der Waals surface area contributed by atoms with Gasteiger partial charge in [-0.3, -0.25) is 5.32 Å². The quantitative estimate of drug-likeness (QED) is 0.892. The van der Waals surface area contributed by atoms with E-state index in [1.54, 1.807) is 6.20 Å². The van der Waals surface area contributed by atoms with Crippen LogP contribution in [-0.2, 0) is 0 Å². The molecule has 114 valence electrons. The van der Waals surface area contributed by atoms with Crippen LogP contribution in [0.3, 0.4) is 0 Å². The number of urea groups is 1. The Morgan fingerprint density at radius 1 is 1.43 bits per heavy atom. The summed E-state index contributed by atoms with van der Waals surface area (Å²) < 4.78 is 1.97. The highest BCUT2D eigenvalue weighted by molar-refractivity contribution is 5.88. The molecule has 3 unspecified atom stereocenters. The van der Waals surface area contributed by atoms with Gasteiger partial charge in [0.2, 0.25) is 0 Å². The van der Waals surface area contributed by atoms with Crippen LogP contribution in [0.25, 0.3) is 0 Å². The molecule has 4 fully saturated rings. The number of anilines is 1. The first-order valence-electron chi connectivity index (χ1n) is 8.07. The maximum atomic E-state index is 12.6. The van der Waals surface area contributed by atoms with E-state index in [-0.39, 0.29) is 6.03 Å². The highest BCUT2D eigenvalue weighted by atomic mass is 16.2. The zero-order valence-electron chi connectivity index (χ0n) is 12.5. The summed E-state index contributed by atoms with van der Waals surface area (Å²) in [7, 11) is 0. The van der Waals surface area contributed by atoms with E-state index < -0.39 is 0 Å². The first kappa shape index (κ1) is 13.1. The predicted molar refractivity (Wildman–Crippen MR) is 80.2 cm³/mol. The lowest BCUT2D eigenvalue weighted by molar-refractivity contribution is 0.106. The molecule has 3 atom stereocenters. The van der Waals surface area contributed by atoms with Crippen LogP contribution >= 0.6 is 0 Å². The second-order valence-corrected chi connectivity index (χ2v) is 6.66. The van der Waals surface area contributed by atoms with Crippen LogP contribution in [0.15, 0.2) is 12.3 Å². The normalized spacial score (nSPS) is 29.5. The Balaban J connectivity index is 1.46. The molecule has 1 saturated carbocycles. The molecule has 6 heteroatoms. The number of carbonyl (C=O) groups excluding carboxylic acids is 1. The summed E-state index contributed by atoms with van der Waals surface area (Å²) >= 11 is 0. The van der Waals surface area contributed by atoms with Gasteiger partial charge in [-0.15, -0.1) is 0 Å². The highest BCUT2D eigenvalue weighted by Gasteiger charge is 2.37. The number of amides is 2. The Morgan fingerprint density at radius 2 is 2.29 bits per heavy atom. The Labute approximate surface area is 124 Å². The van der Waals surface area contributed by atoms with E-state index in [0.29, 0.717) is 18.1 Å². The van der Waals surface area contributed by atoms with Crippen molar-refractivity contribution in [1.82, 2.24) is 20.0 Å². The highest BCUT2D eigenvalue weighted by Crippen LogP contribution is 2.40. The second kappa shape index (κ2) is 5.02. The Hall–Kier alpha value is -1.56. The van der Waals surface area contributed by atoms with Gasteiger partial charge < -0.3 is 10.2 Å². The minimum Gasteiger partial charge on any atom is -0.319 e. The number of aromatic nitrogens is 2. The molecule has 0 spiro atoms. The minimum absolute atomic E-state index is 0.0240. The van der Waals surface area contributed by atoms with Crippen molar-refractivity contribution in [2.45, 2.75) is 50.7 Å². The van der Waals surface area contributed by atoms with Gasteiger partial charge in [0.15, 0.2) is 0 Å². The minimum atomic E-state index is 0.0240. The van der Waals surface area contributed by atoms with Crippen molar-refractivity contribution in [3.8, 4) is 0 Å². The van der Waals surface area contributed by atoms with Crippen LogP contribution < -0.4 is 10.6 Å². The number of rotatable bonds is 3. The second-order valence-electron chi connectivity index (χ2n) is 6.66. The molecule has 5 rings (SSSR count). The molecule has 3 saturated heterocycles. The smallest absolute Gasteiger partial charge is 0.319 e. The molecular weight excluding hydrogens is 266 g/mol. The zero-order chi connectivity index (χ0) is 14.4. The van der Waals surface area contributed by atoms with Crippen molar-refractivity contribution in [2.24, 2.45) is 5.92 Å². The first-order valence-corrected chi connectivity index (χ1v) is 8.07. The molecule has 0 aromatic carbocycles. The molecule has 2 N–H and O–H groups in total. The fourth-order valence-electron chi connectivity index (χ4n) is 3.65. The fraction of sp³-hybridized carbons (Fsp3) is 0.733. The summed E-state index contributed by atoms with van der Waals surface area (Å²) in [4.78, 5) is 14.6. The Kier molecular flexibility index (Phi) is 3.14. The van der Waals surface area contributed by atoms with Crippen molar-refractivity contribution >= 4 is 11.8 Å². The summed E-state index contributed by atoms with van der Waals surface area (Å²) in [6.45, 7) is 3.94. The van der Waals surface area contributed by atoms with E-state index in [1.807, 2.05) is 15.6 Å². The molecule has 21 heavy (non-hydrogen) atoms. The number of hydrogen-bond acceptors (Lipinski definition) is 3. The molecule has 3 aliphatic heterocycles. The van der Waals surface area contributed by atoms with Crippen LogP contribution in [0.2, 0.25) is 0 Å². The third kappa shape index (κ3) is 2.41. The Bertz CT molecular complexity index is 530. The number of piperidine rings is 2. The molecule has 2 amide bonds. The van der Waals surface area contributed by atoms with E-state index in [9.17, 15) is 4.79 Å². The van der Waals surface area contributed by atoms with Crippen LogP contribution in [-0.4, -0.2) is 45.9 Å². The van der Waals surface area contributed by atoms with Crippen LogP contribution in [0.5, 0.6) is 0 Å². The van der Waals surface area contributed by atoms with E-state index >= 15 is 0 Å². The van der Waals surface area contributed by atoms with Gasteiger partial charge in [-0.05, 0) is 38.5 Å². The first-order chi connectivity index (χ1) is 10.2. The molecule has 4 aliphatic rings. The Morgan fingerprint density at radius 3 is 2.90 bits per heavy atom. The number of piperazine rings is 1. The molecule has 1 aromatic rings. The number of hydrogen-bond donors (Lipinski definition) is 2. The topological polar surface area (TPSA) is 62.2 Å². The van der Waals surface area contributed by atoms with Gasteiger partial charge >= 0.3 is 6.03 Å². The van der Waals surface area contributed by atoms with E-state index in [0.717, 1.165) is 31.2 Å². The van der Waals surface area contributed by atoms with Gasteiger partial charge in [0.1, 0.15) is 5.82 Å². The van der Waals surface area contributed by atoms with E-state index in [2.05, 4.69) is 22.7 Å². The summed E-state index contributed by atoms with van der Waals surface area (Å²) in [5, 5.41) is 10.9. The molecule has 1 aliphatic carbocycles. The average molecular weight is 289 g/mol. The summed E-state index contributed by atoms with van der Waals surface area (Å²) in [6.07, 6.45) is 6.62. The summed E-state index contributed by atoms with van der Waals surface area (Å²) in [5.41, 5.74) is 0. The number of carbonyl (C=O) groups is 1. The molecular formula is C15H23N5O. The van der Waals surface area contributed by atoms with Crippen LogP contribution in [0.1, 0.15) is 38.6 Å². The van der Waals surface area contributed by atoms with Gasteiger partial charge in [-0.2, -0.15) is 5.10 Å². The lowest BCUT2D eigenvalue weighted by Gasteiger charge is -2.45. The van der Waals surface area contributed by atoms with Crippen molar-refractivity contribution in [1.29, 1.82) is 0 Å². The summed E-state index contributed by atoms with van der Waals surface area (Å²) in [6, 6.07) is 3.10. The third-order valence-corrected chi connectivity index (χ3v) is 5.20. The molecule has 2 bridgehead atoms.